The van der Waals surface area contributed by atoms with Gasteiger partial charge in [0.1, 0.15) is 11.8 Å². The van der Waals surface area contributed by atoms with Gasteiger partial charge < -0.3 is 4.74 Å². The van der Waals surface area contributed by atoms with Crippen LogP contribution in [0, 0.1) is 0 Å². The first-order valence-corrected chi connectivity index (χ1v) is 13.5. The number of imide groups is 1. The maximum atomic E-state index is 13.7. The monoisotopic (exact) mass is 556 g/mol. The fraction of sp³-hybridized carbons (Fsp3) is 0.231. The summed E-state index contributed by atoms with van der Waals surface area (Å²) in [4.78, 5) is 27.5. The van der Waals surface area contributed by atoms with Crippen molar-refractivity contribution in [3.05, 3.63) is 88.9 Å². The van der Waals surface area contributed by atoms with Crippen molar-refractivity contribution in [2.75, 3.05) is 18.1 Å². The van der Waals surface area contributed by atoms with Gasteiger partial charge in [-0.15, -0.1) is 0 Å². The molecule has 1 fully saturated rings. The van der Waals surface area contributed by atoms with Gasteiger partial charge in [-0.3, -0.25) is 9.59 Å². The molecule has 0 aliphatic carbocycles. The molecule has 0 bridgehead atoms. The van der Waals surface area contributed by atoms with E-state index in [1.54, 1.807) is 36.4 Å². The lowest BCUT2D eigenvalue weighted by atomic mass is 10.1. The van der Waals surface area contributed by atoms with Gasteiger partial charge in [0, 0.05) is 11.0 Å². The van der Waals surface area contributed by atoms with Crippen molar-refractivity contribution in [2.45, 2.75) is 30.7 Å². The molecule has 4 rings (SSSR count). The van der Waals surface area contributed by atoms with Crippen molar-refractivity contribution in [3.63, 3.8) is 0 Å². The van der Waals surface area contributed by atoms with Crippen LogP contribution in [-0.4, -0.2) is 43.7 Å². The van der Waals surface area contributed by atoms with E-state index in [9.17, 15) is 18.0 Å². The molecule has 3 aromatic carbocycles. The smallest absolute Gasteiger partial charge is 0.252 e. The number of nitrogens with zero attached hydrogens (tertiary/aromatic N) is 2. The van der Waals surface area contributed by atoms with E-state index in [2.05, 4.69) is 15.9 Å². The fourth-order valence-corrected chi connectivity index (χ4v) is 5.89. The van der Waals surface area contributed by atoms with Crippen LogP contribution in [0.2, 0.25) is 0 Å². The summed E-state index contributed by atoms with van der Waals surface area (Å²) in [6.45, 7) is 2.42. The van der Waals surface area contributed by atoms with E-state index in [0.29, 0.717) is 24.5 Å². The Bertz CT molecular complexity index is 1300. The third kappa shape index (κ3) is 5.47. The van der Waals surface area contributed by atoms with Crippen molar-refractivity contribution in [3.8, 4) is 5.75 Å². The summed E-state index contributed by atoms with van der Waals surface area (Å²) < 4.78 is 34.7. The predicted octanol–water partition coefficient (Wildman–Crippen LogP) is 4.41. The Labute approximate surface area is 213 Å². The van der Waals surface area contributed by atoms with E-state index >= 15 is 0 Å². The Balaban J connectivity index is 1.66. The first-order chi connectivity index (χ1) is 16.8. The summed E-state index contributed by atoms with van der Waals surface area (Å²) in [6, 6.07) is 21.2. The minimum absolute atomic E-state index is 0.0587. The summed E-state index contributed by atoms with van der Waals surface area (Å²) in [5.74, 6) is -0.387. The number of carbonyl (C=O) groups excluding carboxylic acids is 2. The maximum Gasteiger partial charge on any atom is 0.252 e. The topological polar surface area (TPSA) is 84.0 Å². The average molecular weight is 557 g/mol. The number of anilines is 1. The van der Waals surface area contributed by atoms with Gasteiger partial charge in [0.05, 0.1) is 23.6 Å². The van der Waals surface area contributed by atoms with Crippen molar-refractivity contribution in [1.82, 2.24) is 4.31 Å². The number of hydrogen-bond donors (Lipinski definition) is 0. The van der Waals surface area contributed by atoms with E-state index in [1.165, 1.54) is 12.1 Å². The van der Waals surface area contributed by atoms with E-state index in [1.807, 2.05) is 37.3 Å². The third-order valence-corrected chi connectivity index (χ3v) is 8.21. The van der Waals surface area contributed by atoms with Crippen molar-refractivity contribution in [2.24, 2.45) is 0 Å². The molecular formula is C26H25BrN2O5S. The Kier molecular flexibility index (Phi) is 7.69. The lowest BCUT2D eigenvalue weighted by molar-refractivity contribution is -0.122. The van der Waals surface area contributed by atoms with Gasteiger partial charge in [-0.1, -0.05) is 46.3 Å². The molecule has 9 heteroatoms. The number of benzene rings is 3. The molecule has 1 aliphatic heterocycles. The van der Waals surface area contributed by atoms with E-state index < -0.39 is 27.9 Å². The van der Waals surface area contributed by atoms with Gasteiger partial charge >= 0.3 is 0 Å². The second-order valence-corrected chi connectivity index (χ2v) is 10.8. The van der Waals surface area contributed by atoms with Gasteiger partial charge in [0.2, 0.25) is 15.9 Å². The molecule has 1 heterocycles. The first kappa shape index (κ1) is 25.1. The van der Waals surface area contributed by atoms with E-state index in [-0.39, 0.29) is 17.9 Å². The number of rotatable bonds is 9. The van der Waals surface area contributed by atoms with Crippen LogP contribution in [0.4, 0.5) is 5.69 Å². The zero-order valence-corrected chi connectivity index (χ0v) is 21.5. The Morgan fingerprint density at radius 1 is 0.971 bits per heavy atom. The molecule has 7 nitrogen and oxygen atoms in total. The number of sulfonamides is 1. The van der Waals surface area contributed by atoms with Gasteiger partial charge in [-0.2, -0.15) is 4.31 Å². The average Bonchev–Trinajstić information content (AvgIpc) is 3.14. The van der Waals surface area contributed by atoms with E-state index in [0.717, 1.165) is 19.2 Å². The van der Waals surface area contributed by atoms with Crippen molar-refractivity contribution < 1.29 is 22.7 Å². The lowest BCUT2D eigenvalue weighted by Gasteiger charge is -2.27. The number of amides is 2. The lowest BCUT2D eigenvalue weighted by Crippen LogP contribution is -2.46. The second kappa shape index (κ2) is 10.7. The summed E-state index contributed by atoms with van der Waals surface area (Å²) in [5.41, 5.74) is 1.32. The third-order valence-electron chi connectivity index (χ3n) is 5.76. The molecular weight excluding hydrogens is 532 g/mol. The van der Waals surface area contributed by atoms with Crippen LogP contribution in [0.25, 0.3) is 0 Å². The normalized spacial score (nSPS) is 16.2. The zero-order valence-electron chi connectivity index (χ0n) is 19.1. The van der Waals surface area contributed by atoms with Crippen molar-refractivity contribution >= 4 is 43.5 Å². The largest absolute Gasteiger partial charge is 0.494 e. The molecule has 3 aromatic rings. The van der Waals surface area contributed by atoms with Crippen LogP contribution in [0.5, 0.6) is 5.75 Å². The first-order valence-electron chi connectivity index (χ1n) is 11.2. The highest BCUT2D eigenvalue weighted by Crippen LogP contribution is 2.31. The summed E-state index contributed by atoms with van der Waals surface area (Å²) in [7, 11) is -4.05. The van der Waals surface area contributed by atoms with Crippen molar-refractivity contribution in [1.29, 1.82) is 0 Å². The van der Waals surface area contributed by atoms with Crippen LogP contribution in [0.15, 0.2) is 88.2 Å². The number of hydrogen-bond acceptors (Lipinski definition) is 5. The van der Waals surface area contributed by atoms with E-state index in [4.69, 9.17) is 4.74 Å². The number of halogens is 1. The molecule has 1 aliphatic rings. The predicted molar refractivity (Wildman–Crippen MR) is 137 cm³/mol. The zero-order chi connectivity index (χ0) is 25.0. The molecule has 35 heavy (non-hydrogen) atoms. The Hall–Kier alpha value is -3.01. The summed E-state index contributed by atoms with van der Waals surface area (Å²) >= 11 is 3.32. The molecule has 2 amide bonds. The SMILES string of the molecule is CCOc1ccc(N2C(=O)CC(N(CCc3ccccc3)S(=O)(=O)c3ccc(Br)cc3)C2=O)cc1. The second-order valence-electron chi connectivity index (χ2n) is 8.02. The molecule has 0 saturated carbocycles. The highest BCUT2D eigenvalue weighted by molar-refractivity contribution is 9.10. The number of carbonyl (C=O) groups is 2. The quantitative estimate of drug-likeness (QED) is 0.364. The standard InChI is InChI=1S/C26H25BrN2O5S/c1-2-34-22-12-10-21(11-13-22)29-25(30)18-24(26(29)31)28(17-16-19-6-4-3-5-7-19)35(32,33)23-14-8-20(27)9-15-23/h3-15,24H,2,16-18H2,1H3. The number of ether oxygens (including phenoxy) is 1. The van der Waals surface area contributed by atoms with Gasteiger partial charge in [-0.05, 0) is 67.4 Å². The molecule has 1 atom stereocenters. The maximum absolute atomic E-state index is 13.7. The van der Waals surface area contributed by atoms with Gasteiger partial charge in [-0.25, -0.2) is 13.3 Å². The molecule has 0 radical (unpaired) electrons. The Morgan fingerprint density at radius 2 is 1.63 bits per heavy atom. The van der Waals surface area contributed by atoms with Gasteiger partial charge in [0.15, 0.2) is 0 Å². The summed E-state index contributed by atoms with van der Waals surface area (Å²) in [5, 5.41) is 0. The highest BCUT2D eigenvalue weighted by Gasteiger charge is 2.46. The van der Waals surface area contributed by atoms with Crippen LogP contribution in [0.1, 0.15) is 18.9 Å². The Morgan fingerprint density at radius 3 is 2.26 bits per heavy atom. The molecule has 1 unspecified atom stereocenters. The molecule has 1 saturated heterocycles. The minimum atomic E-state index is -4.05. The fourth-order valence-electron chi connectivity index (χ4n) is 4.04. The highest BCUT2D eigenvalue weighted by atomic mass is 79.9. The molecule has 0 aromatic heterocycles. The minimum Gasteiger partial charge on any atom is -0.494 e. The molecule has 0 spiro atoms. The summed E-state index contributed by atoms with van der Waals surface area (Å²) in [6.07, 6.45) is 0.175. The van der Waals surface area contributed by atoms with Crippen LogP contribution >= 0.6 is 15.9 Å². The van der Waals surface area contributed by atoms with Gasteiger partial charge in [0.25, 0.3) is 5.91 Å². The van der Waals surface area contributed by atoms with Crippen LogP contribution < -0.4 is 9.64 Å². The van der Waals surface area contributed by atoms with Crippen LogP contribution in [0.3, 0.4) is 0 Å². The molecule has 0 N–H and O–H groups in total. The molecule has 182 valence electrons. The van der Waals surface area contributed by atoms with Crippen LogP contribution in [-0.2, 0) is 26.0 Å².